The Kier molecular flexibility index (Phi) is 2.66. The van der Waals surface area contributed by atoms with E-state index >= 15 is 0 Å². The van der Waals surface area contributed by atoms with Crippen LogP contribution in [0.2, 0.25) is 0 Å². The van der Waals surface area contributed by atoms with Gasteiger partial charge in [0.05, 0.1) is 0 Å². The van der Waals surface area contributed by atoms with Crippen LogP contribution < -0.4 is 0 Å². The standard InChI is InChI=1S/C12H20.C2H6/c1-12(2)10-4-8-3-9(6-10)7-11(12)5-8;1-2/h8-11H,3-7H2,1-2H3;1-2H3. The van der Waals surface area contributed by atoms with Crippen LogP contribution in [0.15, 0.2) is 0 Å². The fraction of sp³-hybridized carbons (Fsp3) is 1.00. The second kappa shape index (κ2) is 3.54. The van der Waals surface area contributed by atoms with Crippen molar-refractivity contribution >= 4 is 0 Å². The predicted octanol–water partition coefficient (Wildman–Crippen LogP) is 4.49. The second-order valence-electron chi connectivity index (χ2n) is 6.13. The van der Waals surface area contributed by atoms with Crippen LogP contribution in [0.25, 0.3) is 0 Å². The summed E-state index contributed by atoms with van der Waals surface area (Å²) in [6, 6.07) is 0. The van der Waals surface area contributed by atoms with Gasteiger partial charge in [0.15, 0.2) is 0 Å². The van der Waals surface area contributed by atoms with Crippen molar-refractivity contribution in [3.8, 4) is 0 Å². The van der Waals surface area contributed by atoms with Gasteiger partial charge in [0.25, 0.3) is 0 Å². The monoisotopic (exact) mass is 194 g/mol. The number of hydrogen-bond acceptors (Lipinski definition) is 0. The summed E-state index contributed by atoms with van der Waals surface area (Å²) in [5.41, 5.74) is 0.702. The topological polar surface area (TPSA) is 0 Å². The molecule has 0 unspecified atom stereocenters. The van der Waals surface area contributed by atoms with Crippen LogP contribution in [-0.4, -0.2) is 0 Å². The van der Waals surface area contributed by atoms with Crippen LogP contribution in [0.4, 0.5) is 0 Å². The van der Waals surface area contributed by atoms with Crippen molar-refractivity contribution in [1.29, 1.82) is 0 Å². The van der Waals surface area contributed by atoms with Gasteiger partial charge in [0.1, 0.15) is 0 Å². The molecule has 4 bridgehead atoms. The van der Waals surface area contributed by atoms with E-state index < -0.39 is 0 Å². The molecule has 0 spiro atoms. The Balaban J connectivity index is 0.000000354. The van der Waals surface area contributed by atoms with Gasteiger partial charge < -0.3 is 0 Å². The van der Waals surface area contributed by atoms with Crippen molar-refractivity contribution in [2.75, 3.05) is 0 Å². The maximum atomic E-state index is 2.53. The molecule has 0 aromatic heterocycles. The minimum atomic E-state index is 0.702. The van der Waals surface area contributed by atoms with Gasteiger partial charge >= 0.3 is 0 Å². The third-order valence-corrected chi connectivity index (χ3v) is 5.24. The van der Waals surface area contributed by atoms with E-state index in [1.807, 2.05) is 13.8 Å². The summed E-state index contributed by atoms with van der Waals surface area (Å²) in [5.74, 6) is 4.46. The average molecular weight is 194 g/mol. The normalized spacial score (nSPS) is 47.1. The minimum absolute atomic E-state index is 0.702. The molecule has 14 heavy (non-hydrogen) atoms. The Morgan fingerprint density at radius 2 is 1.07 bits per heavy atom. The van der Waals surface area contributed by atoms with Crippen LogP contribution in [-0.2, 0) is 0 Å². The van der Waals surface area contributed by atoms with Crippen LogP contribution in [0.1, 0.15) is 59.8 Å². The fourth-order valence-corrected chi connectivity index (χ4v) is 4.40. The molecule has 0 aromatic rings. The molecule has 0 saturated heterocycles. The third-order valence-electron chi connectivity index (χ3n) is 5.24. The summed E-state index contributed by atoms with van der Waals surface area (Å²) in [6.45, 7) is 9.06. The zero-order valence-electron chi connectivity index (χ0n) is 10.3. The summed E-state index contributed by atoms with van der Waals surface area (Å²) < 4.78 is 0. The first kappa shape index (κ1) is 10.5. The molecule has 82 valence electrons. The molecule has 0 aliphatic heterocycles. The summed E-state index contributed by atoms with van der Waals surface area (Å²) in [4.78, 5) is 0. The molecule has 4 rings (SSSR count). The first-order valence-electron chi connectivity index (χ1n) is 6.66. The van der Waals surface area contributed by atoms with Gasteiger partial charge in [-0.05, 0) is 61.2 Å². The molecule has 0 heterocycles. The first-order valence-corrected chi connectivity index (χ1v) is 6.66. The van der Waals surface area contributed by atoms with Gasteiger partial charge in [-0.3, -0.25) is 0 Å². The van der Waals surface area contributed by atoms with Crippen molar-refractivity contribution in [1.82, 2.24) is 0 Å². The van der Waals surface area contributed by atoms with Crippen molar-refractivity contribution < 1.29 is 0 Å². The Bertz CT molecular complexity index is 172. The number of hydrogen-bond donors (Lipinski definition) is 0. The average Bonchev–Trinajstić information content (AvgIpc) is 2.17. The van der Waals surface area contributed by atoms with Crippen molar-refractivity contribution in [3.05, 3.63) is 0 Å². The molecule has 4 saturated carbocycles. The zero-order valence-corrected chi connectivity index (χ0v) is 10.3. The van der Waals surface area contributed by atoms with Gasteiger partial charge in [0, 0.05) is 0 Å². The highest BCUT2D eigenvalue weighted by atomic mass is 14.6. The summed E-state index contributed by atoms with van der Waals surface area (Å²) in [5, 5.41) is 0. The van der Waals surface area contributed by atoms with E-state index in [4.69, 9.17) is 0 Å². The predicted molar refractivity (Wildman–Crippen MR) is 62.2 cm³/mol. The minimum Gasteiger partial charge on any atom is -0.0683 e. The quantitative estimate of drug-likeness (QED) is 0.533. The second-order valence-corrected chi connectivity index (χ2v) is 6.13. The van der Waals surface area contributed by atoms with E-state index in [1.54, 1.807) is 32.1 Å². The highest BCUT2D eigenvalue weighted by Crippen LogP contribution is 2.61. The van der Waals surface area contributed by atoms with Gasteiger partial charge in [0.2, 0.25) is 0 Å². The molecule has 4 fully saturated rings. The SMILES string of the molecule is CC.CC1(C)C2CC3CC(C2)CC1C3. The molecule has 0 heteroatoms. The first-order chi connectivity index (χ1) is 6.66. The fourth-order valence-electron chi connectivity index (χ4n) is 4.40. The highest BCUT2D eigenvalue weighted by Gasteiger charge is 2.52. The molecule has 0 nitrogen and oxygen atoms in total. The Morgan fingerprint density at radius 1 is 0.714 bits per heavy atom. The van der Waals surface area contributed by atoms with Crippen molar-refractivity contribution in [2.45, 2.75) is 59.8 Å². The van der Waals surface area contributed by atoms with E-state index in [0.29, 0.717) is 5.41 Å². The Hall–Kier alpha value is 0. The number of rotatable bonds is 0. The van der Waals surface area contributed by atoms with Gasteiger partial charge in [-0.15, -0.1) is 0 Å². The zero-order chi connectivity index (χ0) is 10.3. The Labute approximate surface area is 89.5 Å². The van der Waals surface area contributed by atoms with E-state index in [9.17, 15) is 0 Å². The van der Waals surface area contributed by atoms with Crippen LogP contribution >= 0.6 is 0 Å². The largest absolute Gasteiger partial charge is 0.0683 e. The van der Waals surface area contributed by atoms with E-state index in [1.165, 1.54) is 0 Å². The van der Waals surface area contributed by atoms with Crippen LogP contribution in [0.3, 0.4) is 0 Å². The lowest BCUT2D eigenvalue weighted by atomic mass is 9.46. The molecular weight excluding hydrogens is 168 g/mol. The van der Waals surface area contributed by atoms with Crippen molar-refractivity contribution in [3.63, 3.8) is 0 Å². The lowest BCUT2D eigenvalue weighted by molar-refractivity contribution is -0.0876. The molecule has 0 radical (unpaired) electrons. The van der Waals surface area contributed by atoms with Crippen molar-refractivity contribution in [2.24, 2.45) is 29.1 Å². The summed E-state index contributed by atoms with van der Waals surface area (Å²) in [7, 11) is 0. The molecule has 0 amide bonds. The molecule has 4 aliphatic rings. The van der Waals surface area contributed by atoms with Gasteiger partial charge in [-0.1, -0.05) is 27.7 Å². The maximum Gasteiger partial charge on any atom is -0.0297 e. The van der Waals surface area contributed by atoms with Gasteiger partial charge in [-0.25, -0.2) is 0 Å². The molecule has 4 aliphatic carbocycles. The lowest BCUT2D eigenvalue weighted by Crippen LogP contribution is -2.49. The van der Waals surface area contributed by atoms with Crippen LogP contribution in [0, 0.1) is 29.1 Å². The van der Waals surface area contributed by atoms with E-state index in [0.717, 1.165) is 23.7 Å². The summed E-state index contributed by atoms with van der Waals surface area (Å²) in [6.07, 6.45) is 7.86. The molecule has 0 N–H and O–H groups in total. The smallest absolute Gasteiger partial charge is 0.0297 e. The molecule has 0 atom stereocenters. The maximum absolute atomic E-state index is 2.53. The third kappa shape index (κ3) is 1.42. The molecular formula is C14H26. The van der Waals surface area contributed by atoms with Crippen LogP contribution in [0.5, 0.6) is 0 Å². The van der Waals surface area contributed by atoms with Gasteiger partial charge in [-0.2, -0.15) is 0 Å². The Morgan fingerprint density at radius 3 is 1.43 bits per heavy atom. The van der Waals surface area contributed by atoms with E-state index in [2.05, 4.69) is 13.8 Å². The molecule has 0 aromatic carbocycles. The lowest BCUT2D eigenvalue weighted by Gasteiger charge is -2.59. The summed E-state index contributed by atoms with van der Waals surface area (Å²) >= 11 is 0. The van der Waals surface area contributed by atoms with E-state index in [-0.39, 0.29) is 0 Å². The highest BCUT2D eigenvalue weighted by molar-refractivity contribution is 5.02.